The van der Waals surface area contributed by atoms with Crippen molar-refractivity contribution in [2.75, 3.05) is 13.1 Å². The first-order valence-corrected chi connectivity index (χ1v) is 4.81. The molecule has 0 aliphatic carbocycles. The number of nitrogens with zero attached hydrogens (tertiary/aromatic N) is 1. The molecule has 13 heavy (non-hydrogen) atoms. The summed E-state index contributed by atoms with van der Waals surface area (Å²) >= 11 is 0. The lowest BCUT2D eigenvalue weighted by Gasteiger charge is -2.37. The Morgan fingerprint density at radius 1 is 1.46 bits per heavy atom. The highest BCUT2D eigenvalue weighted by atomic mass is 19.3. The molecule has 1 aliphatic rings. The van der Waals surface area contributed by atoms with Gasteiger partial charge in [-0.2, -0.15) is 0 Å². The minimum absolute atomic E-state index is 0.0669. The highest BCUT2D eigenvalue weighted by molar-refractivity contribution is 4.80. The standard InChI is InChI=1S/C9H17F2NO/c1-7(13)8-4-2-3-5-12(8)6-9(10)11/h7-9,13H,2-6H2,1H3. The van der Waals surface area contributed by atoms with E-state index in [-0.39, 0.29) is 12.6 Å². The number of alkyl halides is 2. The molecule has 1 rings (SSSR count). The van der Waals surface area contributed by atoms with Crippen LogP contribution in [0.1, 0.15) is 26.2 Å². The van der Waals surface area contributed by atoms with Gasteiger partial charge in [0.05, 0.1) is 12.6 Å². The van der Waals surface area contributed by atoms with Crippen molar-refractivity contribution in [3.8, 4) is 0 Å². The zero-order valence-corrected chi connectivity index (χ0v) is 7.92. The number of hydrogen-bond acceptors (Lipinski definition) is 2. The number of aliphatic hydroxyl groups excluding tert-OH is 1. The van der Waals surface area contributed by atoms with Gasteiger partial charge in [-0.3, -0.25) is 4.90 Å². The summed E-state index contributed by atoms with van der Waals surface area (Å²) in [5.41, 5.74) is 0. The largest absolute Gasteiger partial charge is 0.392 e. The molecule has 1 aliphatic heterocycles. The maximum absolute atomic E-state index is 12.1. The smallest absolute Gasteiger partial charge is 0.251 e. The number of likely N-dealkylation sites (tertiary alicyclic amines) is 1. The first-order chi connectivity index (χ1) is 6.11. The molecule has 1 fully saturated rings. The molecule has 0 amide bonds. The lowest BCUT2D eigenvalue weighted by Crippen LogP contribution is -2.47. The summed E-state index contributed by atoms with van der Waals surface area (Å²) in [5.74, 6) is 0. The Bertz CT molecular complexity index is 153. The number of aliphatic hydroxyl groups is 1. The highest BCUT2D eigenvalue weighted by Crippen LogP contribution is 2.20. The van der Waals surface area contributed by atoms with Gasteiger partial charge in [-0.1, -0.05) is 6.42 Å². The van der Waals surface area contributed by atoms with Crippen molar-refractivity contribution in [3.05, 3.63) is 0 Å². The van der Waals surface area contributed by atoms with Crippen molar-refractivity contribution < 1.29 is 13.9 Å². The zero-order valence-electron chi connectivity index (χ0n) is 7.92. The maximum Gasteiger partial charge on any atom is 0.251 e. The third kappa shape index (κ3) is 3.19. The normalized spacial score (nSPS) is 27.9. The topological polar surface area (TPSA) is 23.5 Å². The summed E-state index contributed by atoms with van der Waals surface area (Å²) in [5, 5.41) is 9.37. The number of hydrogen-bond donors (Lipinski definition) is 1. The molecule has 1 heterocycles. The van der Waals surface area contributed by atoms with E-state index in [1.54, 1.807) is 11.8 Å². The first-order valence-electron chi connectivity index (χ1n) is 4.81. The summed E-state index contributed by atoms with van der Waals surface area (Å²) in [6.07, 6.45) is 0.0497. The lowest BCUT2D eigenvalue weighted by molar-refractivity contribution is -0.000886. The second-order valence-corrected chi connectivity index (χ2v) is 3.69. The minimum atomic E-state index is -2.29. The molecule has 0 aromatic heterocycles. The third-order valence-electron chi connectivity index (χ3n) is 2.59. The van der Waals surface area contributed by atoms with Gasteiger partial charge < -0.3 is 5.11 Å². The summed E-state index contributed by atoms with van der Waals surface area (Å²) in [7, 11) is 0. The fraction of sp³-hybridized carbons (Fsp3) is 1.00. The van der Waals surface area contributed by atoms with Crippen LogP contribution in [0.15, 0.2) is 0 Å². The molecule has 0 saturated carbocycles. The molecule has 0 aromatic rings. The number of halogens is 2. The summed E-state index contributed by atoms with van der Waals surface area (Å²) in [4.78, 5) is 1.71. The molecule has 2 unspecified atom stereocenters. The van der Waals surface area contributed by atoms with Crippen LogP contribution in [0.4, 0.5) is 8.78 Å². The molecule has 78 valence electrons. The second-order valence-electron chi connectivity index (χ2n) is 3.69. The average molecular weight is 193 g/mol. The van der Waals surface area contributed by atoms with Crippen molar-refractivity contribution in [3.63, 3.8) is 0 Å². The van der Waals surface area contributed by atoms with Crippen molar-refractivity contribution in [1.29, 1.82) is 0 Å². The molecular weight excluding hydrogens is 176 g/mol. The van der Waals surface area contributed by atoms with Gasteiger partial charge in [0.1, 0.15) is 0 Å². The highest BCUT2D eigenvalue weighted by Gasteiger charge is 2.27. The molecule has 0 bridgehead atoms. The lowest BCUT2D eigenvalue weighted by atomic mass is 9.98. The van der Waals surface area contributed by atoms with Crippen LogP contribution in [-0.2, 0) is 0 Å². The Morgan fingerprint density at radius 2 is 2.15 bits per heavy atom. The molecule has 2 nitrogen and oxygen atoms in total. The molecule has 0 spiro atoms. The number of piperidine rings is 1. The van der Waals surface area contributed by atoms with Crippen LogP contribution in [0, 0.1) is 0 Å². The molecule has 0 aromatic carbocycles. The molecule has 2 atom stereocenters. The van der Waals surface area contributed by atoms with E-state index in [4.69, 9.17) is 0 Å². The van der Waals surface area contributed by atoms with E-state index >= 15 is 0 Å². The molecular formula is C9H17F2NO. The fourth-order valence-corrected chi connectivity index (χ4v) is 1.97. The Labute approximate surface area is 77.5 Å². The fourth-order valence-electron chi connectivity index (χ4n) is 1.97. The van der Waals surface area contributed by atoms with Crippen LogP contribution in [-0.4, -0.2) is 41.7 Å². The maximum atomic E-state index is 12.1. The zero-order chi connectivity index (χ0) is 9.84. The van der Waals surface area contributed by atoms with Crippen LogP contribution < -0.4 is 0 Å². The van der Waals surface area contributed by atoms with E-state index < -0.39 is 12.5 Å². The van der Waals surface area contributed by atoms with Gasteiger partial charge >= 0.3 is 0 Å². The van der Waals surface area contributed by atoms with Crippen LogP contribution in [0.25, 0.3) is 0 Å². The first kappa shape index (κ1) is 10.9. The SMILES string of the molecule is CC(O)C1CCCCN1CC(F)F. The van der Waals surface area contributed by atoms with Gasteiger partial charge in [0.2, 0.25) is 0 Å². The van der Waals surface area contributed by atoms with E-state index in [9.17, 15) is 13.9 Å². The van der Waals surface area contributed by atoms with E-state index in [0.717, 1.165) is 19.3 Å². The van der Waals surface area contributed by atoms with E-state index in [2.05, 4.69) is 0 Å². The van der Waals surface area contributed by atoms with Gasteiger partial charge in [-0.15, -0.1) is 0 Å². The Morgan fingerprint density at radius 3 is 2.69 bits per heavy atom. The second kappa shape index (κ2) is 4.86. The molecule has 4 heteroatoms. The summed E-state index contributed by atoms with van der Waals surface area (Å²) in [6, 6.07) is -0.0669. The van der Waals surface area contributed by atoms with E-state index in [0.29, 0.717) is 6.54 Å². The third-order valence-corrected chi connectivity index (χ3v) is 2.59. The average Bonchev–Trinajstić information content (AvgIpc) is 2.03. The predicted molar refractivity (Wildman–Crippen MR) is 46.9 cm³/mol. The van der Waals surface area contributed by atoms with Gasteiger partial charge in [0.25, 0.3) is 6.43 Å². The van der Waals surface area contributed by atoms with Crippen molar-refractivity contribution >= 4 is 0 Å². The monoisotopic (exact) mass is 193 g/mol. The molecule has 0 radical (unpaired) electrons. The Kier molecular flexibility index (Phi) is 4.06. The van der Waals surface area contributed by atoms with Gasteiger partial charge in [-0.25, -0.2) is 8.78 Å². The van der Waals surface area contributed by atoms with Gasteiger partial charge in [0, 0.05) is 6.04 Å². The van der Waals surface area contributed by atoms with Crippen LogP contribution in [0.2, 0.25) is 0 Å². The predicted octanol–water partition coefficient (Wildman–Crippen LogP) is 1.49. The van der Waals surface area contributed by atoms with Gasteiger partial charge in [-0.05, 0) is 26.3 Å². The Balaban J connectivity index is 2.46. The van der Waals surface area contributed by atoms with Crippen molar-refractivity contribution in [2.45, 2.75) is 44.8 Å². The van der Waals surface area contributed by atoms with Crippen molar-refractivity contribution in [1.82, 2.24) is 4.90 Å². The van der Waals surface area contributed by atoms with Crippen LogP contribution in [0.5, 0.6) is 0 Å². The minimum Gasteiger partial charge on any atom is -0.392 e. The van der Waals surface area contributed by atoms with E-state index in [1.165, 1.54) is 0 Å². The van der Waals surface area contributed by atoms with Crippen LogP contribution in [0.3, 0.4) is 0 Å². The molecule has 1 N–H and O–H groups in total. The van der Waals surface area contributed by atoms with Crippen LogP contribution >= 0.6 is 0 Å². The summed E-state index contributed by atoms with van der Waals surface area (Å²) in [6.45, 7) is 2.17. The Hall–Kier alpha value is -0.220. The quantitative estimate of drug-likeness (QED) is 0.734. The van der Waals surface area contributed by atoms with Gasteiger partial charge in [0.15, 0.2) is 0 Å². The van der Waals surface area contributed by atoms with Crippen molar-refractivity contribution in [2.24, 2.45) is 0 Å². The number of rotatable bonds is 3. The summed E-state index contributed by atoms with van der Waals surface area (Å²) < 4.78 is 24.3. The molecule has 1 saturated heterocycles. The van der Waals surface area contributed by atoms with E-state index in [1.807, 2.05) is 0 Å².